The van der Waals surface area contributed by atoms with Crippen LogP contribution in [0.1, 0.15) is 79.1 Å². The van der Waals surface area contributed by atoms with Crippen molar-refractivity contribution in [3.63, 3.8) is 0 Å². The number of halogens is 6. The first kappa shape index (κ1) is 35.2. The quantitative estimate of drug-likeness (QED) is 0.148. The maximum absolute atomic E-state index is 14.5. The maximum atomic E-state index is 14.5. The first-order valence-corrected chi connectivity index (χ1v) is 18.6. The number of hydrogen-bond acceptors (Lipinski definition) is 8. The second kappa shape index (κ2) is 12.8. The Hall–Kier alpha value is -1.19. The predicted octanol–water partition coefficient (Wildman–Crippen LogP) is 8.45. The normalized spacial score (nSPS) is 44.3. The summed E-state index contributed by atoms with van der Waals surface area (Å²) in [7, 11) is 0. The van der Waals surface area contributed by atoms with Gasteiger partial charge in [0.15, 0.2) is 5.60 Å². The van der Waals surface area contributed by atoms with E-state index < -0.39 is 53.8 Å². The van der Waals surface area contributed by atoms with Crippen molar-refractivity contribution in [1.82, 2.24) is 0 Å². The van der Waals surface area contributed by atoms with E-state index in [1.807, 2.05) is 6.92 Å². The Bertz CT molecular complexity index is 1290. The van der Waals surface area contributed by atoms with Gasteiger partial charge in [-0.1, -0.05) is 13.8 Å². The molecule has 0 radical (unpaired) electrons. The minimum absolute atomic E-state index is 0.0305. The minimum Gasteiger partial charge on any atom is -0.459 e. The van der Waals surface area contributed by atoms with Gasteiger partial charge in [0.05, 0.1) is 19.3 Å². The molecule has 8 rings (SSSR count). The number of rotatable bonds is 7. The van der Waals surface area contributed by atoms with E-state index in [-0.39, 0.29) is 71.6 Å². The van der Waals surface area contributed by atoms with Crippen molar-refractivity contribution in [1.29, 1.82) is 0 Å². The van der Waals surface area contributed by atoms with Crippen LogP contribution in [0.5, 0.6) is 0 Å². The van der Waals surface area contributed by atoms with Crippen LogP contribution in [0.4, 0.5) is 26.3 Å². The van der Waals surface area contributed by atoms with Crippen LogP contribution < -0.4 is 0 Å². The van der Waals surface area contributed by atoms with Crippen LogP contribution in [0.15, 0.2) is 22.7 Å². The molecule has 272 valence electrons. The lowest BCUT2D eigenvalue weighted by molar-refractivity contribution is -0.557. The molecule has 0 aromatic heterocycles. The number of hydrogen-bond donors (Lipinski definition) is 0. The summed E-state index contributed by atoms with van der Waals surface area (Å²) in [5.74, 6) is -3.39. The summed E-state index contributed by atoms with van der Waals surface area (Å²) in [4.78, 5) is 11.7. The van der Waals surface area contributed by atoms with Gasteiger partial charge in [0, 0.05) is 41.3 Å². The summed E-state index contributed by atoms with van der Waals surface area (Å²) in [6, 6.07) is 0. The highest BCUT2D eigenvalue weighted by Crippen LogP contribution is 2.61. The third-order valence-electron chi connectivity index (χ3n) is 12.2. The zero-order valence-corrected chi connectivity index (χ0v) is 28.6. The summed E-state index contributed by atoms with van der Waals surface area (Å²) < 4.78 is 116. The van der Waals surface area contributed by atoms with Crippen molar-refractivity contribution >= 4 is 11.8 Å². The fraction of sp³-hybridized carbons (Fsp3) is 0.882. The van der Waals surface area contributed by atoms with E-state index in [4.69, 9.17) is 33.5 Å². The average Bonchev–Trinajstić information content (AvgIpc) is 3.34. The molecule has 0 N–H and O–H groups in total. The Morgan fingerprint density at radius 3 is 2.31 bits per heavy atom. The van der Waals surface area contributed by atoms with Gasteiger partial charge in [0.2, 0.25) is 29.9 Å². The Balaban J connectivity index is 1.05. The highest BCUT2D eigenvalue weighted by molar-refractivity contribution is 7.99. The molecular formula is C34H46F6O7S. The van der Waals surface area contributed by atoms with Gasteiger partial charge in [-0.05, 0) is 88.0 Å². The van der Waals surface area contributed by atoms with Gasteiger partial charge in [-0.2, -0.15) is 38.1 Å². The summed E-state index contributed by atoms with van der Waals surface area (Å²) in [5, 5.41) is 0. The molecule has 6 heterocycles. The molecule has 14 heteroatoms. The fourth-order valence-electron chi connectivity index (χ4n) is 9.89. The minimum atomic E-state index is -4.78. The smallest absolute Gasteiger partial charge is 0.449 e. The monoisotopic (exact) mass is 712 g/mol. The van der Waals surface area contributed by atoms with Crippen LogP contribution in [0.3, 0.4) is 0 Å². The van der Waals surface area contributed by atoms with E-state index in [9.17, 15) is 26.3 Å². The number of thioether (sulfide) groups is 1. The van der Waals surface area contributed by atoms with Crippen LogP contribution in [0, 0.1) is 41.4 Å². The van der Waals surface area contributed by atoms with Crippen LogP contribution in [0.25, 0.3) is 0 Å². The van der Waals surface area contributed by atoms with Gasteiger partial charge in [0.1, 0.15) is 0 Å². The molecule has 0 aromatic rings. The largest absolute Gasteiger partial charge is 0.459 e. The van der Waals surface area contributed by atoms with Gasteiger partial charge in [0.25, 0.3) is 0 Å². The molecule has 0 aromatic carbocycles. The standard InChI is InChI=1S/C34H46F6O7S/c1-17-5-8-21-23(28(34(38,39)40)43-29-26(21)20(17)9-7-19(3)42-29)16-48-14-13-41-15-22-25-10-6-18(2)24-11-12-31(4)45-30(32(24,25)47-46-31)44-27(22)33(35,36)37/h17-21,24-26,29-30H,5-16H2,1-4H3/t17-,18-,19+,20?,21+,24?,25+,26?,29+,30-,31?,32-/m1/s1. The van der Waals surface area contributed by atoms with E-state index in [0.717, 1.165) is 19.3 Å². The second-order valence-electron chi connectivity index (χ2n) is 15.2. The van der Waals surface area contributed by atoms with Crippen molar-refractivity contribution in [3.05, 3.63) is 22.7 Å². The maximum Gasteiger partial charge on any atom is 0.449 e. The van der Waals surface area contributed by atoms with E-state index in [2.05, 4.69) is 13.8 Å². The van der Waals surface area contributed by atoms with Crippen molar-refractivity contribution < 1.29 is 59.8 Å². The lowest BCUT2D eigenvalue weighted by Gasteiger charge is -2.57. The number of allylic oxidation sites excluding steroid dienone is 2. The molecule has 0 amide bonds. The summed E-state index contributed by atoms with van der Waals surface area (Å²) in [6.45, 7) is 7.47. The van der Waals surface area contributed by atoms with Gasteiger partial charge < -0.3 is 23.7 Å². The Morgan fingerprint density at radius 2 is 1.56 bits per heavy atom. The molecular weight excluding hydrogens is 666 g/mol. The van der Waals surface area contributed by atoms with E-state index in [1.54, 1.807) is 6.92 Å². The van der Waals surface area contributed by atoms with Crippen LogP contribution in [-0.4, -0.2) is 67.1 Å². The van der Waals surface area contributed by atoms with Gasteiger partial charge in [-0.25, -0.2) is 9.78 Å². The zero-order valence-electron chi connectivity index (χ0n) is 27.8. The number of fused-ring (bicyclic) bond motifs is 2. The van der Waals surface area contributed by atoms with E-state index in [1.165, 1.54) is 11.8 Å². The molecule has 2 bridgehead atoms. The zero-order chi connectivity index (χ0) is 34.2. The summed E-state index contributed by atoms with van der Waals surface area (Å²) >= 11 is 1.27. The van der Waals surface area contributed by atoms with Crippen LogP contribution >= 0.6 is 11.8 Å². The molecule has 2 saturated carbocycles. The van der Waals surface area contributed by atoms with Crippen molar-refractivity contribution in [2.75, 3.05) is 24.7 Å². The third kappa shape index (κ3) is 6.09. The van der Waals surface area contributed by atoms with Gasteiger partial charge in [-0.3, -0.25) is 0 Å². The average molecular weight is 713 g/mol. The first-order chi connectivity index (χ1) is 22.6. The molecule has 2 aliphatic carbocycles. The van der Waals surface area contributed by atoms with E-state index in [0.29, 0.717) is 38.0 Å². The Kier molecular flexibility index (Phi) is 9.38. The Labute approximate surface area is 281 Å². The topological polar surface area (TPSA) is 64.6 Å². The van der Waals surface area contributed by atoms with Gasteiger partial charge >= 0.3 is 12.4 Å². The summed E-state index contributed by atoms with van der Waals surface area (Å²) in [5.41, 5.74) is -1.00. The summed E-state index contributed by atoms with van der Waals surface area (Å²) in [6.07, 6.45) is -6.40. The SMILES string of the molecule is C[C@@H]1CC[C@H]2C(CSCCOCC3=C(C(F)(F)F)O[C@@H]4OC5(C)CCC6[C@H](C)CC[C@@H]3[C@]64OO5)=C(C(F)(F)F)O[C@@H]3O[C@@H](C)CCC1C32. The van der Waals surface area contributed by atoms with Crippen molar-refractivity contribution in [3.8, 4) is 0 Å². The molecule has 8 aliphatic rings. The van der Waals surface area contributed by atoms with Crippen LogP contribution in [-0.2, 0) is 33.5 Å². The Morgan fingerprint density at radius 1 is 0.833 bits per heavy atom. The lowest BCUT2D eigenvalue weighted by atomic mass is 9.59. The molecule has 1 spiro atoms. The van der Waals surface area contributed by atoms with Crippen molar-refractivity contribution in [2.24, 2.45) is 41.4 Å². The van der Waals surface area contributed by atoms with Gasteiger partial charge in [-0.15, -0.1) is 0 Å². The first-order valence-electron chi connectivity index (χ1n) is 17.4. The highest BCUT2D eigenvalue weighted by Gasteiger charge is 2.70. The predicted molar refractivity (Wildman–Crippen MR) is 162 cm³/mol. The van der Waals surface area contributed by atoms with E-state index >= 15 is 0 Å². The third-order valence-corrected chi connectivity index (χ3v) is 13.2. The number of ether oxygens (including phenoxy) is 5. The molecule has 12 atom stereocenters. The molecule has 4 unspecified atom stereocenters. The molecule has 7 nitrogen and oxygen atoms in total. The molecule has 6 aliphatic heterocycles. The molecule has 48 heavy (non-hydrogen) atoms. The second-order valence-corrected chi connectivity index (χ2v) is 16.3. The molecule has 6 fully saturated rings. The number of alkyl halides is 6. The molecule has 4 saturated heterocycles. The lowest BCUT2D eigenvalue weighted by Crippen LogP contribution is -2.67. The fourth-order valence-corrected chi connectivity index (χ4v) is 10.8. The van der Waals surface area contributed by atoms with Crippen molar-refractivity contribution in [2.45, 2.75) is 121 Å². The highest BCUT2D eigenvalue weighted by atomic mass is 32.2. The van der Waals surface area contributed by atoms with Crippen LogP contribution in [0.2, 0.25) is 0 Å².